The molecule has 0 bridgehead atoms. The summed E-state index contributed by atoms with van der Waals surface area (Å²) < 4.78 is 0. The Balaban J connectivity index is 1.65. The normalized spacial score (nSPS) is 34.3. The number of rotatable bonds is 5. The van der Waals surface area contributed by atoms with Crippen molar-refractivity contribution in [3.8, 4) is 0 Å². The lowest BCUT2D eigenvalue weighted by Crippen LogP contribution is -2.31. The molecule has 0 aromatic heterocycles. The Morgan fingerprint density at radius 3 is 3.20 bits per heavy atom. The van der Waals surface area contributed by atoms with Crippen molar-refractivity contribution in [2.75, 3.05) is 5.75 Å². The van der Waals surface area contributed by atoms with Gasteiger partial charge in [-0.15, -0.1) is 4.99 Å². The second-order valence-electron chi connectivity index (χ2n) is 3.88. The second-order valence-corrected chi connectivity index (χ2v) is 5.15. The number of hydroxylamine groups is 1. The Kier molecular flexibility index (Phi) is 3.85. The number of thioether (sulfide) groups is 1. The van der Waals surface area contributed by atoms with Gasteiger partial charge in [0.1, 0.15) is 6.10 Å². The van der Waals surface area contributed by atoms with Crippen LogP contribution in [0, 0.1) is 0 Å². The molecule has 2 N–H and O–H groups in total. The van der Waals surface area contributed by atoms with Crippen molar-refractivity contribution in [3.63, 3.8) is 0 Å². The van der Waals surface area contributed by atoms with E-state index >= 15 is 0 Å². The van der Waals surface area contributed by atoms with Crippen molar-refractivity contribution in [1.29, 1.82) is 0 Å². The van der Waals surface area contributed by atoms with Gasteiger partial charge >= 0.3 is 5.97 Å². The van der Waals surface area contributed by atoms with Gasteiger partial charge in [-0.3, -0.25) is 4.79 Å². The fraction of sp³-hybridized carbons (Fsp3) is 0.889. The summed E-state index contributed by atoms with van der Waals surface area (Å²) in [5, 5.41) is 8.94. The molecule has 6 heteroatoms. The van der Waals surface area contributed by atoms with Gasteiger partial charge in [0, 0.05) is 17.4 Å². The molecule has 0 radical (unpaired) electrons. The highest BCUT2D eigenvalue weighted by molar-refractivity contribution is 8.00. The van der Waals surface area contributed by atoms with E-state index in [-0.39, 0.29) is 12.5 Å². The predicted molar refractivity (Wildman–Crippen MR) is 55.2 cm³/mol. The highest BCUT2D eigenvalue weighted by Crippen LogP contribution is 2.35. The summed E-state index contributed by atoms with van der Waals surface area (Å²) in [7, 11) is 0. The summed E-state index contributed by atoms with van der Waals surface area (Å²) in [6.07, 6.45) is 3.10. The molecule has 15 heavy (non-hydrogen) atoms. The number of unbranched alkanes of at least 4 members (excludes halogenated alkanes) is 1. The van der Waals surface area contributed by atoms with Crippen LogP contribution in [0.2, 0.25) is 0 Å². The first-order valence-corrected chi connectivity index (χ1v) is 6.23. The zero-order valence-electron chi connectivity index (χ0n) is 8.35. The highest BCUT2D eigenvalue weighted by atomic mass is 32.2. The Labute approximate surface area is 92.4 Å². The number of carboxylic acids is 1. The lowest BCUT2D eigenvalue weighted by atomic mass is 10.0. The van der Waals surface area contributed by atoms with Gasteiger partial charge in [0.05, 0.1) is 6.04 Å². The number of aliphatic carboxylic acids is 1. The van der Waals surface area contributed by atoms with Gasteiger partial charge < -0.3 is 5.11 Å². The molecule has 0 amide bonds. The van der Waals surface area contributed by atoms with E-state index in [1.807, 2.05) is 11.8 Å². The van der Waals surface area contributed by atoms with Gasteiger partial charge in [0.25, 0.3) is 0 Å². The molecule has 0 aromatic carbocycles. The SMILES string of the molecule is O=C(O)CCCC[C@@H]1SC[C@@H]2NOO[C@@H]21. The molecule has 0 saturated carbocycles. The van der Waals surface area contributed by atoms with E-state index in [0.29, 0.717) is 11.3 Å². The number of hydrogen-bond acceptors (Lipinski definition) is 5. The van der Waals surface area contributed by atoms with Crippen molar-refractivity contribution in [1.82, 2.24) is 5.48 Å². The minimum Gasteiger partial charge on any atom is -0.481 e. The minimum absolute atomic E-state index is 0.139. The monoisotopic (exact) mass is 233 g/mol. The first kappa shape index (κ1) is 11.2. The molecule has 5 nitrogen and oxygen atoms in total. The third kappa shape index (κ3) is 2.84. The molecule has 2 aliphatic heterocycles. The Hall–Kier alpha value is -0.300. The minimum atomic E-state index is -0.714. The van der Waals surface area contributed by atoms with Gasteiger partial charge in [0.15, 0.2) is 0 Å². The molecule has 2 aliphatic rings. The van der Waals surface area contributed by atoms with Crippen molar-refractivity contribution in [2.24, 2.45) is 0 Å². The zero-order chi connectivity index (χ0) is 10.7. The van der Waals surface area contributed by atoms with Crippen LogP contribution in [0.4, 0.5) is 0 Å². The fourth-order valence-corrected chi connectivity index (χ4v) is 3.39. The molecule has 86 valence electrons. The van der Waals surface area contributed by atoms with Crippen LogP contribution in [0.1, 0.15) is 25.7 Å². The van der Waals surface area contributed by atoms with Gasteiger partial charge in [-0.05, 0) is 12.8 Å². The first-order valence-electron chi connectivity index (χ1n) is 5.18. The van der Waals surface area contributed by atoms with E-state index in [0.717, 1.165) is 25.0 Å². The van der Waals surface area contributed by atoms with Gasteiger partial charge in [-0.1, -0.05) is 6.42 Å². The summed E-state index contributed by atoms with van der Waals surface area (Å²) in [6.45, 7) is 0. The highest BCUT2D eigenvalue weighted by Gasteiger charge is 2.42. The van der Waals surface area contributed by atoms with Crippen LogP contribution < -0.4 is 5.48 Å². The maximum atomic E-state index is 10.3. The van der Waals surface area contributed by atoms with Crippen LogP contribution in [0.3, 0.4) is 0 Å². The van der Waals surface area contributed by atoms with Gasteiger partial charge in [0.2, 0.25) is 0 Å². The second kappa shape index (κ2) is 5.16. The maximum absolute atomic E-state index is 10.3. The standard InChI is InChI=1S/C9H15NO4S/c11-8(12)4-2-1-3-7-9-6(5-15-7)10-14-13-9/h6-7,9-10H,1-5H2,(H,11,12)/t6-,7-,9-/m0/s1. The Morgan fingerprint density at radius 2 is 2.40 bits per heavy atom. The largest absolute Gasteiger partial charge is 0.481 e. The average molecular weight is 233 g/mol. The Morgan fingerprint density at radius 1 is 1.53 bits per heavy atom. The lowest BCUT2D eigenvalue weighted by molar-refractivity contribution is -0.306. The van der Waals surface area contributed by atoms with Crippen LogP contribution in [-0.4, -0.2) is 34.2 Å². The van der Waals surface area contributed by atoms with E-state index in [1.54, 1.807) is 0 Å². The van der Waals surface area contributed by atoms with Crippen molar-refractivity contribution < 1.29 is 19.8 Å². The number of hydrogen-bond donors (Lipinski definition) is 2. The molecule has 2 fully saturated rings. The summed E-state index contributed by atoms with van der Waals surface area (Å²) in [5.74, 6) is 0.294. The van der Waals surface area contributed by atoms with E-state index in [9.17, 15) is 4.79 Å². The smallest absolute Gasteiger partial charge is 0.303 e. The van der Waals surface area contributed by atoms with Crippen molar-refractivity contribution >= 4 is 17.7 Å². The molecule has 2 rings (SSSR count). The number of nitrogens with one attached hydrogen (secondary N) is 1. The van der Waals surface area contributed by atoms with Crippen LogP contribution >= 0.6 is 11.8 Å². The Bertz CT molecular complexity index is 238. The molecular formula is C9H15NO4S. The maximum Gasteiger partial charge on any atom is 0.303 e. The third-order valence-corrected chi connectivity index (χ3v) is 4.22. The molecule has 3 atom stereocenters. The van der Waals surface area contributed by atoms with Crippen molar-refractivity contribution in [2.45, 2.75) is 43.1 Å². The van der Waals surface area contributed by atoms with Crippen LogP contribution in [0.25, 0.3) is 0 Å². The summed E-state index contributed by atoms with van der Waals surface area (Å²) in [5.41, 5.74) is 2.82. The van der Waals surface area contributed by atoms with E-state index < -0.39 is 5.97 Å². The summed E-state index contributed by atoms with van der Waals surface area (Å²) in [6, 6.07) is 0.305. The van der Waals surface area contributed by atoms with Crippen LogP contribution in [-0.2, 0) is 14.7 Å². The third-order valence-electron chi connectivity index (χ3n) is 2.74. The molecule has 2 heterocycles. The lowest BCUT2D eigenvalue weighted by Gasteiger charge is -2.13. The van der Waals surface area contributed by atoms with Gasteiger partial charge in [-0.2, -0.15) is 17.2 Å². The number of fused-ring (bicyclic) bond motifs is 1. The molecule has 0 unspecified atom stereocenters. The molecule has 0 aliphatic carbocycles. The topological polar surface area (TPSA) is 67.8 Å². The molecule has 0 aromatic rings. The van der Waals surface area contributed by atoms with E-state index in [1.165, 1.54) is 0 Å². The molecular weight excluding hydrogens is 218 g/mol. The van der Waals surface area contributed by atoms with Crippen molar-refractivity contribution in [3.05, 3.63) is 0 Å². The number of carboxylic acid groups (broad SMARTS) is 1. The van der Waals surface area contributed by atoms with Crippen LogP contribution in [0.5, 0.6) is 0 Å². The van der Waals surface area contributed by atoms with E-state index in [2.05, 4.69) is 5.48 Å². The molecule has 2 saturated heterocycles. The fourth-order valence-electron chi connectivity index (χ4n) is 1.92. The predicted octanol–water partition coefficient (Wildman–Crippen LogP) is 0.950. The molecule has 0 spiro atoms. The average Bonchev–Trinajstić information content (AvgIpc) is 2.74. The number of carbonyl (C=O) groups is 1. The summed E-state index contributed by atoms with van der Waals surface area (Å²) >= 11 is 1.88. The summed E-state index contributed by atoms with van der Waals surface area (Å²) in [4.78, 5) is 20.2. The van der Waals surface area contributed by atoms with E-state index in [4.69, 9.17) is 15.0 Å². The quantitative estimate of drug-likeness (QED) is 0.544. The first-order chi connectivity index (χ1) is 7.27. The zero-order valence-corrected chi connectivity index (χ0v) is 9.16. The van der Waals surface area contributed by atoms with Crippen LogP contribution in [0.15, 0.2) is 0 Å². The van der Waals surface area contributed by atoms with Gasteiger partial charge in [-0.25, -0.2) is 4.89 Å².